The van der Waals surface area contributed by atoms with Gasteiger partial charge in [-0.2, -0.15) is 0 Å². The van der Waals surface area contributed by atoms with E-state index in [2.05, 4.69) is 45.9 Å². The molecular formula is C23H26ClN3O. The van der Waals surface area contributed by atoms with Gasteiger partial charge in [-0.3, -0.25) is 4.79 Å². The molecule has 5 heteroatoms. The molecule has 0 radical (unpaired) electrons. The summed E-state index contributed by atoms with van der Waals surface area (Å²) in [5.74, 6) is -0.0348. The van der Waals surface area contributed by atoms with Gasteiger partial charge >= 0.3 is 0 Å². The summed E-state index contributed by atoms with van der Waals surface area (Å²) < 4.78 is 0. The lowest BCUT2D eigenvalue weighted by molar-refractivity contribution is 0.0940. The lowest BCUT2D eigenvalue weighted by Crippen LogP contribution is -2.43. The van der Waals surface area contributed by atoms with Crippen LogP contribution in [0.2, 0.25) is 0 Å². The van der Waals surface area contributed by atoms with Crippen LogP contribution in [0.15, 0.2) is 66.7 Å². The van der Waals surface area contributed by atoms with Crippen molar-refractivity contribution in [1.29, 1.82) is 0 Å². The van der Waals surface area contributed by atoms with Crippen LogP contribution in [0.1, 0.15) is 28.9 Å². The summed E-state index contributed by atoms with van der Waals surface area (Å²) in [6, 6.07) is 22.4. The van der Waals surface area contributed by atoms with Crippen LogP contribution in [0.4, 0.5) is 5.69 Å². The second kappa shape index (κ2) is 9.09. The van der Waals surface area contributed by atoms with E-state index in [1.54, 1.807) is 0 Å². The number of benzene rings is 3. The summed E-state index contributed by atoms with van der Waals surface area (Å²) in [5.41, 5.74) is 2.96. The van der Waals surface area contributed by atoms with Crippen molar-refractivity contribution < 1.29 is 4.79 Å². The highest BCUT2D eigenvalue weighted by Crippen LogP contribution is 2.24. The zero-order valence-corrected chi connectivity index (χ0v) is 16.8. The Morgan fingerprint density at radius 3 is 2.54 bits per heavy atom. The van der Waals surface area contributed by atoms with E-state index in [9.17, 15) is 4.79 Å². The molecule has 1 aliphatic heterocycles. The fourth-order valence-electron chi connectivity index (χ4n) is 3.75. The molecule has 1 amide bonds. The zero-order valence-electron chi connectivity index (χ0n) is 16.0. The Hall–Kier alpha value is -2.56. The maximum atomic E-state index is 12.9. The van der Waals surface area contributed by atoms with Gasteiger partial charge in [-0.15, -0.1) is 12.4 Å². The fourth-order valence-corrected chi connectivity index (χ4v) is 3.75. The largest absolute Gasteiger partial charge is 0.369 e. The van der Waals surface area contributed by atoms with Gasteiger partial charge in [0.1, 0.15) is 0 Å². The Morgan fingerprint density at radius 2 is 1.71 bits per heavy atom. The SMILES string of the molecule is C[C@@H](NC(=O)c1cccc(N2CCNCC2)c1)c1cccc2ccccc12.Cl. The third kappa shape index (κ3) is 4.29. The third-order valence-corrected chi connectivity index (χ3v) is 5.23. The summed E-state index contributed by atoms with van der Waals surface area (Å²) in [6.07, 6.45) is 0. The minimum atomic E-state index is -0.0635. The average molecular weight is 396 g/mol. The van der Waals surface area contributed by atoms with Gasteiger partial charge < -0.3 is 15.5 Å². The monoisotopic (exact) mass is 395 g/mol. The van der Waals surface area contributed by atoms with E-state index in [-0.39, 0.29) is 24.4 Å². The molecule has 0 aromatic heterocycles. The predicted octanol–water partition coefficient (Wildman–Crippen LogP) is 4.16. The molecule has 1 atom stereocenters. The first-order valence-corrected chi connectivity index (χ1v) is 9.56. The van der Waals surface area contributed by atoms with E-state index in [4.69, 9.17) is 0 Å². The Bertz CT molecular complexity index is 948. The van der Waals surface area contributed by atoms with E-state index in [0.717, 1.165) is 37.4 Å². The molecule has 146 valence electrons. The van der Waals surface area contributed by atoms with E-state index >= 15 is 0 Å². The maximum absolute atomic E-state index is 12.9. The lowest BCUT2D eigenvalue weighted by Gasteiger charge is -2.29. The molecule has 3 aromatic carbocycles. The molecule has 1 aliphatic rings. The number of carbonyl (C=O) groups excluding carboxylic acids is 1. The molecule has 4 rings (SSSR count). The number of fused-ring (bicyclic) bond motifs is 1. The minimum Gasteiger partial charge on any atom is -0.369 e. The highest BCUT2D eigenvalue weighted by atomic mass is 35.5. The highest BCUT2D eigenvalue weighted by molar-refractivity contribution is 5.96. The van der Waals surface area contributed by atoms with Crippen molar-refractivity contribution in [2.24, 2.45) is 0 Å². The van der Waals surface area contributed by atoms with Crippen LogP contribution in [0.5, 0.6) is 0 Å². The van der Waals surface area contributed by atoms with Crippen LogP contribution in [0, 0.1) is 0 Å². The minimum absolute atomic E-state index is 0. The number of rotatable bonds is 4. The lowest BCUT2D eigenvalue weighted by atomic mass is 9.99. The zero-order chi connectivity index (χ0) is 18.6. The summed E-state index contributed by atoms with van der Waals surface area (Å²) in [4.78, 5) is 15.2. The number of anilines is 1. The summed E-state index contributed by atoms with van der Waals surface area (Å²) in [6.45, 7) is 5.94. The van der Waals surface area contributed by atoms with Crippen molar-refractivity contribution in [3.05, 3.63) is 77.9 Å². The molecule has 3 aromatic rings. The first-order valence-electron chi connectivity index (χ1n) is 9.56. The Labute approximate surface area is 172 Å². The molecule has 1 saturated heterocycles. The molecule has 0 aliphatic carbocycles. The average Bonchev–Trinajstić information content (AvgIpc) is 2.74. The van der Waals surface area contributed by atoms with Gasteiger partial charge in [-0.1, -0.05) is 48.5 Å². The molecule has 0 unspecified atom stereocenters. The highest BCUT2D eigenvalue weighted by Gasteiger charge is 2.16. The van der Waals surface area contributed by atoms with Gasteiger partial charge in [0.05, 0.1) is 6.04 Å². The number of halogens is 1. The number of hydrogen-bond acceptors (Lipinski definition) is 3. The maximum Gasteiger partial charge on any atom is 0.251 e. The van der Waals surface area contributed by atoms with Gasteiger partial charge in [0.25, 0.3) is 5.91 Å². The van der Waals surface area contributed by atoms with E-state index < -0.39 is 0 Å². The second-order valence-corrected chi connectivity index (χ2v) is 7.05. The molecule has 0 spiro atoms. The predicted molar refractivity (Wildman–Crippen MR) is 119 cm³/mol. The quantitative estimate of drug-likeness (QED) is 0.697. The van der Waals surface area contributed by atoms with Gasteiger partial charge in [0.15, 0.2) is 0 Å². The number of nitrogens with one attached hydrogen (secondary N) is 2. The molecular weight excluding hydrogens is 370 g/mol. The van der Waals surface area contributed by atoms with Gasteiger partial charge in [-0.25, -0.2) is 0 Å². The molecule has 1 fully saturated rings. The molecule has 28 heavy (non-hydrogen) atoms. The number of amides is 1. The van der Waals surface area contributed by atoms with Crippen molar-refractivity contribution in [3.8, 4) is 0 Å². The topological polar surface area (TPSA) is 44.4 Å². The van der Waals surface area contributed by atoms with Crippen molar-refractivity contribution in [2.75, 3.05) is 31.1 Å². The third-order valence-electron chi connectivity index (χ3n) is 5.23. The van der Waals surface area contributed by atoms with Crippen molar-refractivity contribution >= 4 is 34.8 Å². The number of piperazine rings is 1. The number of nitrogens with zero attached hydrogens (tertiary/aromatic N) is 1. The molecule has 1 heterocycles. The fraction of sp³-hybridized carbons (Fsp3) is 0.261. The van der Waals surface area contributed by atoms with Gasteiger partial charge in [0.2, 0.25) is 0 Å². The van der Waals surface area contributed by atoms with Crippen LogP contribution in [-0.2, 0) is 0 Å². The van der Waals surface area contributed by atoms with Crippen molar-refractivity contribution in [2.45, 2.75) is 13.0 Å². The smallest absolute Gasteiger partial charge is 0.251 e. The van der Waals surface area contributed by atoms with Crippen LogP contribution in [-0.4, -0.2) is 32.1 Å². The van der Waals surface area contributed by atoms with E-state index in [1.165, 1.54) is 10.8 Å². The molecule has 2 N–H and O–H groups in total. The standard InChI is InChI=1S/C23H25N3O.ClH/c1-17(21-11-5-7-18-6-2-3-10-22(18)21)25-23(27)19-8-4-9-20(16-19)26-14-12-24-13-15-26;/h2-11,16-17,24H,12-15H2,1H3,(H,25,27);1H/t17-;/m1./s1. The molecule has 4 nitrogen and oxygen atoms in total. The summed E-state index contributed by atoms with van der Waals surface area (Å²) in [7, 11) is 0. The summed E-state index contributed by atoms with van der Waals surface area (Å²) in [5, 5.41) is 8.90. The normalized spacial score (nSPS) is 15.0. The molecule has 0 saturated carbocycles. The van der Waals surface area contributed by atoms with E-state index in [1.807, 2.05) is 43.3 Å². The van der Waals surface area contributed by atoms with Crippen LogP contribution in [0.3, 0.4) is 0 Å². The van der Waals surface area contributed by atoms with Crippen LogP contribution >= 0.6 is 12.4 Å². The first kappa shape index (κ1) is 20.2. The van der Waals surface area contributed by atoms with E-state index in [0.29, 0.717) is 5.56 Å². The first-order chi connectivity index (χ1) is 13.2. The number of carbonyl (C=O) groups is 1. The van der Waals surface area contributed by atoms with Gasteiger partial charge in [0, 0.05) is 37.4 Å². The van der Waals surface area contributed by atoms with Gasteiger partial charge in [-0.05, 0) is 41.5 Å². The van der Waals surface area contributed by atoms with Crippen LogP contribution < -0.4 is 15.5 Å². The van der Waals surface area contributed by atoms with Crippen LogP contribution in [0.25, 0.3) is 10.8 Å². The summed E-state index contributed by atoms with van der Waals surface area (Å²) >= 11 is 0. The van der Waals surface area contributed by atoms with Crippen molar-refractivity contribution in [3.63, 3.8) is 0 Å². The Morgan fingerprint density at radius 1 is 1.00 bits per heavy atom. The Balaban J connectivity index is 0.00000225. The number of hydrogen-bond donors (Lipinski definition) is 2. The molecule has 0 bridgehead atoms. The Kier molecular flexibility index (Phi) is 6.55. The van der Waals surface area contributed by atoms with Crippen molar-refractivity contribution in [1.82, 2.24) is 10.6 Å². The second-order valence-electron chi connectivity index (χ2n) is 7.05.